The summed E-state index contributed by atoms with van der Waals surface area (Å²) in [5, 5.41) is 14.8. The van der Waals surface area contributed by atoms with Crippen molar-refractivity contribution >= 4 is 11.9 Å². The van der Waals surface area contributed by atoms with Crippen molar-refractivity contribution in [2.24, 2.45) is 22.9 Å². The van der Waals surface area contributed by atoms with Gasteiger partial charge in [0.05, 0.1) is 0 Å². The van der Waals surface area contributed by atoms with Gasteiger partial charge in [-0.2, -0.15) is 0 Å². The van der Waals surface area contributed by atoms with Gasteiger partial charge in [-0.05, 0) is 0 Å². The van der Waals surface area contributed by atoms with E-state index in [4.69, 9.17) is 42.7 Å². The zero-order valence-corrected chi connectivity index (χ0v) is 9.85. The summed E-state index contributed by atoms with van der Waals surface area (Å²) >= 11 is 0. The number of nitrogens with two attached hydrogens (primary N) is 4. The highest BCUT2D eigenvalue weighted by Gasteiger charge is 1.65. The average Bonchev–Trinajstić information content (AvgIpc) is 2.16. The van der Waals surface area contributed by atoms with Crippen LogP contribution >= 0.6 is 0 Å². The number of hydrogen-bond donors (Lipinski definition) is 6. The van der Waals surface area contributed by atoms with Crippen molar-refractivity contribution < 1.29 is 19.8 Å². The van der Waals surface area contributed by atoms with Gasteiger partial charge in [-0.25, -0.2) is 0 Å². The van der Waals surface area contributed by atoms with E-state index >= 15 is 0 Å². The van der Waals surface area contributed by atoms with Crippen LogP contribution in [0, 0.1) is 0 Å². The molecule has 0 radical (unpaired) electrons. The van der Waals surface area contributed by atoms with Crippen molar-refractivity contribution in [3.8, 4) is 0 Å². The van der Waals surface area contributed by atoms with Crippen molar-refractivity contribution in [3.63, 3.8) is 0 Å². The smallest absolute Gasteiger partial charge is 0.300 e. The molecule has 0 spiro atoms. The third kappa shape index (κ3) is 2910. The zero-order valence-electron chi connectivity index (χ0n) is 9.85. The molecule has 0 fully saturated rings. The van der Waals surface area contributed by atoms with Crippen molar-refractivity contribution in [3.05, 3.63) is 0 Å². The molecule has 0 heterocycles. The summed E-state index contributed by atoms with van der Waals surface area (Å²) in [7, 11) is 0. The first-order valence-electron chi connectivity index (χ1n) is 4.49. The van der Waals surface area contributed by atoms with Crippen LogP contribution in [0.25, 0.3) is 0 Å². The lowest BCUT2D eigenvalue weighted by molar-refractivity contribution is -0.135. The summed E-state index contributed by atoms with van der Waals surface area (Å²) < 4.78 is 0. The Morgan fingerprint density at radius 1 is 0.750 bits per heavy atom. The highest BCUT2D eigenvalue weighted by molar-refractivity contribution is 5.63. The summed E-state index contributed by atoms with van der Waals surface area (Å²) in [6.45, 7) is 4.56. The minimum Gasteiger partial charge on any atom is -0.481 e. The number of rotatable bonds is 2. The molecule has 0 atom stereocenters. The summed E-state index contributed by atoms with van der Waals surface area (Å²) in [4.78, 5) is 18.0. The molecule has 0 aliphatic rings. The molecule has 0 aromatic rings. The average molecular weight is 240 g/mol. The Hall–Kier alpha value is -1.22. The normalized spacial score (nSPS) is 6.88. The first-order valence-corrected chi connectivity index (χ1v) is 4.49. The molecule has 8 nitrogen and oxygen atoms in total. The second-order valence-electron chi connectivity index (χ2n) is 2.19. The van der Waals surface area contributed by atoms with E-state index in [2.05, 4.69) is 0 Å². The van der Waals surface area contributed by atoms with Gasteiger partial charge in [-0.1, -0.05) is 0 Å². The Kier molecular flexibility index (Phi) is 44.1. The Labute approximate surface area is 95.6 Å². The van der Waals surface area contributed by atoms with E-state index in [1.54, 1.807) is 0 Å². The molecular weight excluding hydrogens is 216 g/mol. The first kappa shape index (κ1) is 24.2. The van der Waals surface area contributed by atoms with Gasteiger partial charge in [0.1, 0.15) is 0 Å². The van der Waals surface area contributed by atoms with E-state index in [1.807, 2.05) is 0 Å². The minimum atomic E-state index is -0.833. The van der Waals surface area contributed by atoms with Gasteiger partial charge in [-0.3, -0.25) is 9.59 Å². The maximum Gasteiger partial charge on any atom is 0.300 e. The van der Waals surface area contributed by atoms with Gasteiger partial charge >= 0.3 is 0 Å². The quantitative estimate of drug-likeness (QED) is 0.320. The van der Waals surface area contributed by atoms with Crippen LogP contribution in [0.3, 0.4) is 0 Å². The van der Waals surface area contributed by atoms with Gasteiger partial charge in [0.2, 0.25) is 0 Å². The van der Waals surface area contributed by atoms with E-state index < -0.39 is 11.9 Å². The SMILES string of the molecule is CC(=O)O.CC(=O)O.NCCN.NCCN. The maximum atomic E-state index is 9.00. The first-order chi connectivity index (χ1) is 7.29. The van der Waals surface area contributed by atoms with Crippen LogP contribution in [0.5, 0.6) is 0 Å². The Bertz CT molecular complexity index is 116. The lowest BCUT2D eigenvalue weighted by Crippen LogP contribution is -2.11. The molecule has 16 heavy (non-hydrogen) atoms. The molecule has 8 heteroatoms. The molecule has 0 aromatic carbocycles. The van der Waals surface area contributed by atoms with E-state index in [-0.39, 0.29) is 0 Å². The highest BCUT2D eigenvalue weighted by atomic mass is 16.4. The third-order valence-electron chi connectivity index (χ3n) is 0.333. The topological polar surface area (TPSA) is 179 Å². The fourth-order valence-corrected chi connectivity index (χ4v) is 0. The molecule has 0 aliphatic carbocycles. The molecule has 0 rings (SSSR count). The molecule has 0 saturated carbocycles. The number of carbonyl (C=O) groups is 2. The molecule has 0 aromatic heterocycles. The molecule has 0 bridgehead atoms. The van der Waals surface area contributed by atoms with Gasteiger partial charge in [0.25, 0.3) is 11.9 Å². The van der Waals surface area contributed by atoms with Crippen LogP contribution in [0.2, 0.25) is 0 Å². The monoisotopic (exact) mass is 240 g/mol. The fourth-order valence-electron chi connectivity index (χ4n) is 0. The van der Waals surface area contributed by atoms with Crippen molar-refractivity contribution in [2.45, 2.75) is 13.8 Å². The van der Waals surface area contributed by atoms with Crippen LogP contribution in [0.4, 0.5) is 0 Å². The van der Waals surface area contributed by atoms with Crippen LogP contribution in [0.1, 0.15) is 13.8 Å². The van der Waals surface area contributed by atoms with E-state index in [9.17, 15) is 0 Å². The van der Waals surface area contributed by atoms with Gasteiger partial charge in [-0.15, -0.1) is 0 Å². The Balaban J connectivity index is -0.0000000600. The largest absolute Gasteiger partial charge is 0.481 e. The van der Waals surface area contributed by atoms with E-state index in [0.717, 1.165) is 13.8 Å². The predicted molar refractivity (Wildman–Crippen MR) is 62.8 cm³/mol. The number of carboxylic acids is 2. The van der Waals surface area contributed by atoms with E-state index in [0.29, 0.717) is 26.2 Å². The van der Waals surface area contributed by atoms with Gasteiger partial charge in [0, 0.05) is 40.0 Å². The Morgan fingerprint density at radius 3 is 0.812 bits per heavy atom. The van der Waals surface area contributed by atoms with E-state index in [1.165, 1.54) is 0 Å². The highest BCUT2D eigenvalue weighted by Crippen LogP contribution is 1.42. The maximum absolute atomic E-state index is 9.00. The van der Waals surface area contributed by atoms with Crippen molar-refractivity contribution in [1.82, 2.24) is 0 Å². The molecule has 0 unspecified atom stereocenters. The Morgan fingerprint density at radius 2 is 0.812 bits per heavy atom. The molecular formula is C8H24N4O4. The third-order valence-corrected chi connectivity index (χ3v) is 0.333. The summed E-state index contributed by atoms with van der Waals surface area (Å²) in [5.74, 6) is -1.67. The number of aliphatic carboxylic acids is 2. The summed E-state index contributed by atoms with van der Waals surface area (Å²) in [6.07, 6.45) is 0. The van der Waals surface area contributed by atoms with Crippen LogP contribution < -0.4 is 22.9 Å². The molecule has 100 valence electrons. The number of carboxylic acid groups (broad SMARTS) is 2. The lowest BCUT2D eigenvalue weighted by Gasteiger charge is -1.72. The van der Waals surface area contributed by atoms with Crippen LogP contribution in [-0.4, -0.2) is 48.3 Å². The second kappa shape index (κ2) is 29.2. The molecule has 0 saturated heterocycles. The molecule has 10 N–H and O–H groups in total. The number of hydrogen-bond acceptors (Lipinski definition) is 6. The second-order valence-corrected chi connectivity index (χ2v) is 2.19. The molecule has 0 aliphatic heterocycles. The van der Waals surface area contributed by atoms with Crippen molar-refractivity contribution in [2.75, 3.05) is 26.2 Å². The lowest BCUT2D eigenvalue weighted by atomic mass is 10.7. The summed E-state index contributed by atoms with van der Waals surface area (Å²) in [6, 6.07) is 0. The van der Waals surface area contributed by atoms with Gasteiger partial charge in [0.15, 0.2) is 0 Å². The van der Waals surface area contributed by atoms with Crippen LogP contribution in [-0.2, 0) is 9.59 Å². The van der Waals surface area contributed by atoms with Crippen molar-refractivity contribution in [1.29, 1.82) is 0 Å². The molecule has 0 amide bonds. The zero-order chi connectivity index (χ0) is 14.0. The predicted octanol–water partition coefficient (Wildman–Crippen LogP) is -2.01. The van der Waals surface area contributed by atoms with Gasteiger partial charge < -0.3 is 33.1 Å². The summed E-state index contributed by atoms with van der Waals surface area (Å²) in [5.41, 5.74) is 19.6. The standard InChI is InChI=1S/2C2H8N2.2C2H4O2/c2*3-1-2-4;2*1-2(3)4/h2*1-4H2;2*1H3,(H,3,4). The fraction of sp³-hybridized carbons (Fsp3) is 0.750. The minimum absolute atomic E-state index is 0.597. The van der Waals surface area contributed by atoms with Crippen LogP contribution in [0.15, 0.2) is 0 Å².